The highest BCUT2D eigenvalue weighted by atomic mass is 16.5. The van der Waals surface area contributed by atoms with E-state index in [-0.39, 0.29) is 18.5 Å². The van der Waals surface area contributed by atoms with Crippen molar-refractivity contribution in [3.05, 3.63) is 36.5 Å². The van der Waals surface area contributed by atoms with Gasteiger partial charge in [-0.15, -0.1) is 0 Å². The lowest BCUT2D eigenvalue weighted by Crippen LogP contribution is -2.45. The highest BCUT2D eigenvalue weighted by Gasteiger charge is 2.20. The molecule has 3 N–H and O–H groups in total. The van der Waals surface area contributed by atoms with Gasteiger partial charge in [-0.3, -0.25) is 9.59 Å². The van der Waals surface area contributed by atoms with Crippen LogP contribution in [0.1, 0.15) is 277 Å². The van der Waals surface area contributed by atoms with Crippen LogP contribution in [0.3, 0.4) is 0 Å². The van der Waals surface area contributed by atoms with Crippen LogP contribution in [0.2, 0.25) is 0 Å². The molecule has 0 aliphatic rings. The van der Waals surface area contributed by atoms with E-state index in [0.717, 1.165) is 77.0 Å². The fourth-order valence-corrected chi connectivity index (χ4v) is 8.02. The van der Waals surface area contributed by atoms with Crippen molar-refractivity contribution in [1.82, 2.24) is 5.32 Å². The Morgan fingerprint density at radius 2 is 0.820 bits per heavy atom. The largest absolute Gasteiger partial charge is 0.466 e. The minimum absolute atomic E-state index is 0.0168. The van der Waals surface area contributed by atoms with E-state index in [1.807, 2.05) is 0 Å². The van der Waals surface area contributed by atoms with Crippen LogP contribution in [0.4, 0.5) is 0 Å². The lowest BCUT2D eigenvalue weighted by molar-refractivity contribution is -0.143. The average Bonchev–Trinajstić information content (AvgIpc) is 3.26. The molecule has 0 aliphatic heterocycles. The second-order valence-electron chi connectivity index (χ2n) is 18.2. The van der Waals surface area contributed by atoms with Gasteiger partial charge in [-0.25, -0.2) is 0 Å². The van der Waals surface area contributed by atoms with Gasteiger partial charge >= 0.3 is 5.97 Å². The molecule has 0 aliphatic carbocycles. The van der Waals surface area contributed by atoms with Crippen molar-refractivity contribution in [2.45, 2.75) is 289 Å². The smallest absolute Gasteiger partial charge is 0.305 e. The molecule has 0 heterocycles. The van der Waals surface area contributed by atoms with Gasteiger partial charge in [0.15, 0.2) is 0 Å². The number of aliphatic hydroxyl groups is 2. The van der Waals surface area contributed by atoms with Gasteiger partial charge in [0.1, 0.15) is 0 Å². The first-order chi connectivity index (χ1) is 30.0. The summed E-state index contributed by atoms with van der Waals surface area (Å²) in [6.07, 6.45) is 61.2. The van der Waals surface area contributed by atoms with Crippen molar-refractivity contribution >= 4 is 11.9 Å². The molecule has 0 aromatic heterocycles. The quantitative estimate of drug-likeness (QED) is 0.0322. The van der Waals surface area contributed by atoms with E-state index in [0.29, 0.717) is 25.9 Å². The zero-order valence-electron chi connectivity index (χ0n) is 40.6. The predicted molar refractivity (Wildman–Crippen MR) is 264 cm³/mol. The fourth-order valence-electron chi connectivity index (χ4n) is 8.02. The monoisotopic (exact) mass is 858 g/mol. The fraction of sp³-hybridized carbons (Fsp3) is 0.855. The summed E-state index contributed by atoms with van der Waals surface area (Å²) in [6.45, 7) is 4.87. The number of carbonyl (C=O) groups excluding carboxylic acids is 2. The third-order valence-corrected chi connectivity index (χ3v) is 12.2. The molecule has 2 unspecified atom stereocenters. The first kappa shape index (κ1) is 59.1. The summed E-state index contributed by atoms with van der Waals surface area (Å²) in [6, 6.07) is -0.561. The zero-order chi connectivity index (χ0) is 44.4. The summed E-state index contributed by atoms with van der Waals surface area (Å²) in [5, 5.41) is 23.1. The second kappa shape index (κ2) is 50.7. The number of nitrogens with one attached hydrogen (secondary N) is 1. The maximum atomic E-state index is 12.4. The number of aliphatic hydroxyl groups excluding tert-OH is 2. The van der Waals surface area contributed by atoms with Crippen LogP contribution >= 0.6 is 0 Å². The van der Waals surface area contributed by atoms with Gasteiger partial charge in [-0.05, 0) is 83.5 Å². The van der Waals surface area contributed by atoms with Gasteiger partial charge in [0.25, 0.3) is 0 Å². The zero-order valence-corrected chi connectivity index (χ0v) is 40.6. The summed E-state index contributed by atoms with van der Waals surface area (Å²) in [5.74, 6) is -0.0831. The van der Waals surface area contributed by atoms with Crippen molar-refractivity contribution in [3.8, 4) is 0 Å². The van der Waals surface area contributed by atoms with E-state index in [1.165, 1.54) is 167 Å². The van der Waals surface area contributed by atoms with Crippen LogP contribution in [-0.2, 0) is 14.3 Å². The lowest BCUT2D eigenvalue weighted by Gasteiger charge is -2.22. The van der Waals surface area contributed by atoms with Crippen LogP contribution in [0, 0.1) is 0 Å². The second-order valence-corrected chi connectivity index (χ2v) is 18.2. The van der Waals surface area contributed by atoms with E-state index < -0.39 is 12.1 Å². The summed E-state index contributed by atoms with van der Waals surface area (Å²) in [5.41, 5.74) is 0. The summed E-state index contributed by atoms with van der Waals surface area (Å²) < 4.78 is 5.47. The minimum Gasteiger partial charge on any atom is -0.466 e. The molecule has 0 radical (unpaired) electrons. The Bertz CT molecular complexity index is 993. The molecule has 0 rings (SSSR count). The Hall–Kier alpha value is -1.92. The first-order valence-electron chi connectivity index (χ1n) is 26.7. The number of carbonyl (C=O) groups is 2. The van der Waals surface area contributed by atoms with Gasteiger partial charge in [0.05, 0.1) is 25.4 Å². The van der Waals surface area contributed by atoms with Gasteiger partial charge < -0.3 is 20.3 Å². The van der Waals surface area contributed by atoms with E-state index in [4.69, 9.17) is 4.74 Å². The normalized spacial score (nSPS) is 12.9. The number of hydrogen-bond acceptors (Lipinski definition) is 5. The SMILES string of the molecule is CCCCC/C=C\C/C=C\CCCCCCCCCCCC(=O)OCCCCCCCC/C=C\CCCCCC(=O)NC(CO)C(O)CCCCCCCCCCCCCC. The summed E-state index contributed by atoms with van der Waals surface area (Å²) >= 11 is 0. The van der Waals surface area contributed by atoms with Crippen molar-refractivity contribution in [2.75, 3.05) is 13.2 Å². The van der Waals surface area contributed by atoms with E-state index in [9.17, 15) is 19.8 Å². The number of unbranched alkanes of at least 4 members (excludes halogenated alkanes) is 32. The number of hydrogen-bond donors (Lipinski definition) is 3. The number of ether oxygens (including phenoxy) is 1. The third kappa shape index (κ3) is 47.4. The van der Waals surface area contributed by atoms with E-state index >= 15 is 0 Å². The highest BCUT2D eigenvalue weighted by Crippen LogP contribution is 2.16. The molecule has 0 spiro atoms. The molecule has 61 heavy (non-hydrogen) atoms. The van der Waals surface area contributed by atoms with Gasteiger partial charge in [-0.2, -0.15) is 0 Å². The molecule has 0 aromatic rings. The number of rotatable bonds is 49. The molecule has 0 saturated heterocycles. The maximum Gasteiger partial charge on any atom is 0.305 e. The number of amides is 1. The Labute approximate surface area is 379 Å². The maximum absolute atomic E-state index is 12.4. The topological polar surface area (TPSA) is 95.9 Å². The molecule has 2 atom stereocenters. The number of esters is 1. The van der Waals surface area contributed by atoms with Crippen LogP contribution in [0.15, 0.2) is 36.5 Å². The van der Waals surface area contributed by atoms with Crippen LogP contribution < -0.4 is 5.32 Å². The highest BCUT2D eigenvalue weighted by molar-refractivity contribution is 5.76. The molecule has 0 bridgehead atoms. The Balaban J connectivity index is 3.48. The van der Waals surface area contributed by atoms with Gasteiger partial charge in [-0.1, -0.05) is 217 Å². The molecule has 1 amide bonds. The Kier molecular flexibility index (Phi) is 49.1. The van der Waals surface area contributed by atoms with Gasteiger partial charge in [0, 0.05) is 12.8 Å². The standard InChI is InChI=1S/C55H103NO5/c1-3-5-7-9-11-13-15-17-18-19-20-21-22-25-29-33-37-41-45-49-55(60)61-50-46-42-38-34-30-26-23-24-28-32-36-40-44-48-54(59)56-52(51-57)53(58)47-43-39-35-31-27-16-14-12-10-8-6-4-2/h11,13,17-18,24,28,52-53,57-58H,3-10,12,14-16,19-23,25-27,29-51H2,1-2H3,(H,56,59)/b13-11-,18-17-,28-24-. The molecule has 6 heteroatoms. The van der Waals surface area contributed by atoms with Crippen LogP contribution in [0.25, 0.3) is 0 Å². The van der Waals surface area contributed by atoms with Crippen LogP contribution in [0.5, 0.6) is 0 Å². The summed E-state index contributed by atoms with van der Waals surface area (Å²) in [4.78, 5) is 24.5. The van der Waals surface area contributed by atoms with E-state index in [2.05, 4.69) is 55.6 Å². The van der Waals surface area contributed by atoms with Gasteiger partial charge in [0.2, 0.25) is 5.91 Å². The summed E-state index contributed by atoms with van der Waals surface area (Å²) in [7, 11) is 0. The predicted octanol–water partition coefficient (Wildman–Crippen LogP) is 16.1. The van der Waals surface area contributed by atoms with Crippen molar-refractivity contribution in [1.29, 1.82) is 0 Å². The molecule has 0 fully saturated rings. The molecule has 0 aromatic carbocycles. The minimum atomic E-state index is -0.681. The van der Waals surface area contributed by atoms with E-state index in [1.54, 1.807) is 0 Å². The molecule has 0 saturated carbocycles. The third-order valence-electron chi connectivity index (χ3n) is 12.2. The molecular weight excluding hydrogens is 755 g/mol. The average molecular weight is 858 g/mol. The molecule has 6 nitrogen and oxygen atoms in total. The van der Waals surface area contributed by atoms with Crippen LogP contribution in [-0.4, -0.2) is 47.4 Å². The lowest BCUT2D eigenvalue weighted by atomic mass is 10.0. The number of allylic oxidation sites excluding steroid dienone is 6. The van der Waals surface area contributed by atoms with Crippen molar-refractivity contribution < 1.29 is 24.5 Å². The van der Waals surface area contributed by atoms with Crippen molar-refractivity contribution in [2.24, 2.45) is 0 Å². The molecular formula is C55H103NO5. The van der Waals surface area contributed by atoms with Crippen molar-refractivity contribution in [3.63, 3.8) is 0 Å². The molecule has 358 valence electrons. The first-order valence-corrected chi connectivity index (χ1v) is 26.7. The Morgan fingerprint density at radius 3 is 1.31 bits per heavy atom. The Morgan fingerprint density at radius 1 is 0.459 bits per heavy atom.